The maximum atomic E-state index is 13.6. The highest BCUT2D eigenvalue weighted by Gasteiger charge is 2.25. The van der Waals surface area contributed by atoms with Gasteiger partial charge in [-0.25, -0.2) is 19.2 Å². The monoisotopic (exact) mass is 527 g/mol. The van der Waals surface area contributed by atoms with E-state index < -0.39 is 11.8 Å². The molecular weight excluding hydrogens is 505 g/mol. The minimum Gasteiger partial charge on any atom is -0.478 e. The van der Waals surface area contributed by atoms with Gasteiger partial charge in [-0.3, -0.25) is 4.98 Å². The lowest BCUT2D eigenvalue weighted by Crippen LogP contribution is -2.33. The summed E-state index contributed by atoms with van der Waals surface area (Å²) in [6.07, 6.45) is 5.14. The van der Waals surface area contributed by atoms with E-state index in [9.17, 15) is 14.3 Å². The summed E-state index contributed by atoms with van der Waals surface area (Å²) in [5, 5.41) is 10.1. The van der Waals surface area contributed by atoms with Gasteiger partial charge in [-0.1, -0.05) is 17.7 Å². The summed E-state index contributed by atoms with van der Waals surface area (Å²) in [6, 6.07) is 17.5. The second-order valence-electron chi connectivity index (χ2n) is 9.38. The lowest BCUT2D eigenvalue weighted by Gasteiger charge is -2.33. The first-order chi connectivity index (χ1) is 18.4. The molecule has 9 heteroatoms. The Morgan fingerprint density at radius 3 is 2.47 bits per heavy atom. The number of aromatic nitrogens is 4. The zero-order chi connectivity index (χ0) is 26.2. The van der Waals surface area contributed by atoms with E-state index in [1.165, 1.54) is 6.07 Å². The fourth-order valence-electron chi connectivity index (χ4n) is 5.04. The SMILES string of the molecule is O=C(O)c1cc(F)ccc1C1CCN(c2ccc(-c3ccc(-c4nc5ccc(Cl)cc5[nH]4)cn3)cn2)CC1. The number of benzene rings is 2. The second kappa shape index (κ2) is 9.87. The molecule has 1 saturated heterocycles. The molecule has 1 fully saturated rings. The average Bonchev–Trinajstić information content (AvgIpc) is 3.37. The predicted molar refractivity (Wildman–Crippen MR) is 145 cm³/mol. The first-order valence-electron chi connectivity index (χ1n) is 12.3. The van der Waals surface area contributed by atoms with Gasteiger partial charge in [-0.2, -0.15) is 0 Å². The number of pyridine rings is 2. The Labute approximate surface area is 223 Å². The number of aromatic amines is 1. The number of imidazole rings is 1. The van der Waals surface area contributed by atoms with Crippen molar-refractivity contribution in [2.45, 2.75) is 18.8 Å². The van der Waals surface area contributed by atoms with E-state index >= 15 is 0 Å². The summed E-state index contributed by atoms with van der Waals surface area (Å²) >= 11 is 6.08. The quantitative estimate of drug-likeness (QED) is 0.269. The molecule has 4 heterocycles. The Kier molecular flexibility index (Phi) is 6.25. The first kappa shape index (κ1) is 24.1. The number of piperidine rings is 1. The van der Waals surface area contributed by atoms with Crippen LogP contribution in [0.15, 0.2) is 73.1 Å². The highest BCUT2D eigenvalue weighted by molar-refractivity contribution is 6.31. The van der Waals surface area contributed by atoms with Gasteiger partial charge in [-0.05, 0) is 78.9 Å². The summed E-state index contributed by atoms with van der Waals surface area (Å²) in [5.74, 6) is 0.0422. The van der Waals surface area contributed by atoms with E-state index in [2.05, 4.69) is 24.8 Å². The minimum atomic E-state index is -1.09. The van der Waals surface area contributed by atoms with E-state index in [1.54, 1.807) is 12.3 Å². The Morgan fingerprint density at radius 1 is 0.974 bits per heavy atom. The van der Waals surface area contributed by atoms with Crippen LogP contribution < -0.4 is 4.90 Å². The van der Waals surface area contributed by atoms with Gasteiger partial charge < -0.3 is 15.0 Å². The standard InChI is InChI=1S/C29H23ClFN5O2/c30-20-3-7-25-26(13-20)35-28(34-25)19-1-6-24(32-16-19)18-2-8-27(33-15-18)36-11-9-17(10-12-36)22-5-4-21(31)14-23(22)29(37)38/h1-8,13-17H,9-12H2,(H,34,35)(H,37,38). The number of nitrogens with zero attached hydrogens (tertiary/aromatic N) is 4. The number of hydrogen-bond acceptors (Lipinski definition) is 5. The number of carbonyl (C=O) groups is 1. The van der Waals surface area contributed by atoms with Crippen molar-refractivity contribution in [3.05, 3.63) is 95.0 Å². The number of anilines is 1. The molecule has 0 atom stereocenters. The van der Waals surface area contributed by atoms with Crippen LogP contribution >= 0.6 is 11.6 Å². The van der Waals surface area contributed by atoms with Crippen molar-refractivity contribution >= 4 is 34.4 Å². The van der Waals surface area contributed by atoms with E-state index in [4.69, 9.17) is 11.6 Å². The van der Waals surface area contributed by atoms with E-state index in [0.717, 1.165) is 71.5 Å². The molecule has 0 saturated carbocycles. The number of H-pyrrole nitrogens is 1. The van der Waals surface area contributed by atoms with Crippen molar-refractivity contribution in [3.63, 3.8) is 0 Å². The molecule has 5 aromatic rings. The predicted octanol–water partition coefficient (Wildman–Crippen LogP) is 6.56. The third-order valence-electron chi connectivity index (χ3n) is 7.03. The maximum Gasteiger partial charge on any atom is 0.336 e. The molecule has 0 aliphatic carbocycles. The summed E-state index contributed by atoms with van der Waals surface area (Å²) in [5.41, 5.74) is 5.06. The molecule has 190 valence electrons. The zero-order valence-corrected chi connectivity index (χ0v) is 21.0. The summed E-state index contributed by atoms with van der Waals surface area (Å²) in [6.45, 7) is 1.48. The van der Waals surface area contributed by atoms with Gasteiger partial charge in [0.1, 0.15) is 17.5 Å². The molecule has 0 amide bonds. The Hall–Kier alpha value is -4.30. The van der Waals surface area contributed by atoms with Crippen LogP contribution in [-0.4, -0.2) is 44.1 Å². The molecule has 0 bridgehead atoms. The number of aromatic carboxylic acids is 1. The van der Waals surface area contributed by atoms with Crippen molar-refractivity contribution < 1.29 is 14.3 Å². The number of rotatable bonds is 5. The molecule has 0 spiro atoms. The fraction of sp³-hybridized carbons (Fsp3) is 0.172. The van der Waals surface area contributed by atoms with Crippen LogP contribution in [-0.2, 0) is 0 Å². The van der Waals surface area contributed by atoms with Crippen LogP contribution in [0.3, 0.4) is 0 Å². The highest BCUT2D eigenvalue weighted by atomic mass is 35.5. The lowest BCUT2D eigenvalue weighted by molar-refractivity contribution is 0.0694. The number of carboxylic acids is 1. The van der Waals surface area contributed by atoms with Crippen LogP contribution in [0.25, 0.3) is 33.7 Å². The third kappa shape index (κ3) is 4.70. The number of carboxylic acid groups (broad SMARTS) is 1. The average molecular weight is 528 g/mol. The first-order valence-corrected chi connectivity index (χ1v) is 12.7. The van der Waals surface area contributed by atoms with E-state index in [0.29, 0.717) is 10.6 Å². The molecule has 0 radical (unpaired) electrons. The zero-order valence-electron chi connectivity index (χ0n) is 20.2. The van der Waals surface area contributed by atoms with E-state index in [-0.39, 0.29) is 11.5 Å². The van der Waals surface area contributed by atoms with Gasteiger partial charge in [0.25, 0.3) is 0 Å². The van der Waals surface area contributed by atoms with Gasteiger partial charge in [0.2, 0.25) is 0 Å². The molecule has 2 N–H and O–H groups in total. The van der Waals surface area contributed by atoms with Crippen LogP contribution in [0.1, 0.15) is 34.7 Å². The summed E-state index contributed by atoms with van der Waals surface area (Å²) in [4.78, 5) is 30.9. The Balaban J connectivity index is 1.13. The molecule has 6 rings (SSSR count). The van der Waals surface area contributed by atoms with Gasteiger partial charge in [0, 0.05) is 41.6 Å². The lowest BCUT2D eigenvalue weighted by atomic mass is 9.86. The number of hydrogen-bond donors (Lipinski definition) is 2. The molecule has 38 heavy (non-hydrogen) atoms. The maximum absolute atomic E-state index is 13.6. The molecule has 3 aromatic heterocycles. The molecule has 0 unspecified atom stereocenters. The molecule has 7 nitrogen and oxygen atoms in total. The van der Waals surface area contributed by atoms with Gasteiger partial charge >= 0.3 is 5.97 Å². The van der Waals surface area contributed by atoms with Crippen molar-refractivity contribution in [2.24, 2.45) is 0 Å². The molecule has 1 aliphatic heterocycles. The molecule has 2 aromatic carbocycles. The molecule has 1 aliphatic rings. The minimum absolute atomic E-state index is 0.0502. The van der Waals surface area contributed by atoms with Crippen molar-refractivity contribution in [3.8, 4) is 22.6 Å². The normalized spacial score (nSPS) is 14.2. The molecular formula is C29H23ClFN5O2. The number of fused-ring (bicyclic) bond motifs is 1. The Bertz CT molecular complexity index is 1630. The highest BCUT2D eigenvalue weighted by Crippen LogP contribution is 2.33. The van der Waals surface area contributed by atoms with Crippen molar-refractivity contribution in [2.75, 3.05) is 18.0 Å². The Morgan fingerprint density at radius 2 is 1.76 bits per heavy atom. The van der Waals surface area contributed by atoms with Crippen LogP contribution in [0.4, 0.5) is 10.2 Å². The number of halogens is 2. The number of nitrogens with one attached hydrogen (secondary N) is 1. The largest absolute Gasteiger partial charge is 0.478 e. The van der Waals surface area contributed by atoms with Crippen LogP contribution in [0.2, 0.25) is 5.02 Å². The second-order valence-corrected chi connectivity index (χ2v) is 9.82. The van der Waals surface area contributed by atoms with Crippen LogP contribution in [0, 0.1) is 5.82 Å². The van der Waals surface area contributed by atoms with Crippen LogP contribution in [0.5, 0.6) is 0 Å². The fourth-order valence-corrected chi connectivity index (χ4v) is 5.21. The van der Waals surface area contributed by atoms with Gasteiger partial charge in [0.05, 0.1) is 22.3 Å². The van der Waals surface area contributed by atoms with E-state index in [1.807, 2.05) is 48.7 Å². The summed E-state index contributed by atoms with van der Waals surface area (Å²) < 4.78 is 13.6. The summed E-state index contributed by atoms with van der Waals surface area (Å²) in [7, 11) is 0. The third-order valence-corrected chi connectivity index (χ3v) is 7.26. The van der Waals surface area contributed by atoms with Gasteiger partial charge in [0.15, 0.2) is 0 Å². The topological polar surface area (TPSA) is 95.0 Å². The van der Waals surface area contributed by atoms with Crippen molar-refractivity contribution in [1.82, 2.24) is 19.9 Å². The van der Waals surface area contributed by atoms with Gasteiger partial charge in [-0.15, -0.1) is 0 Å². The smallest absolute Gasteiger partial charge is 0.336 e. The van der Waals surface area contributed by atoms with Crippen molar-refractivity contribution in [1.29, 1.82) is 0 Å².